The quantitative estimate of drug-likeness (QED) is 0.0231. The summed E-state index contributed by atoms with van der Waals surface area (Å²) in [5, 5.41) is 26.6. The number of urea groups is 1. The molecule has 1 aliphatic heterocycles. The lowest BCUT2D eigenvalue weighted by Gasteiger charge is -2.29. The van der Waals surface area contributed by atoms with Gasteiger partial charge in [-0.2, -0.15) is 4.99 Å². The zero-order valence-corrected chi connectivity index (χ0v) is 35.0. The van der Waals surface area contributed by atoms with E-state index in [4.69, 9.17) is 15.2 Å². The van der Waals surface area contributed by atoms with E-state index in [1.165, 1.54) is 12.1 Å². The number of carbonyl (C=O) groups is 4. The molecule has 0 aliphatic carbocycles. The topological polar surface area (TPSA) is 255 Å². The number of rotatable bonds is 23. The summed E-state index contributed by atoms with van der Waals surface area (Å²) < 4.78 is 11.2. The predicted molar refractivity (Wildman–Crippen MR) is 233 cm³/mol. The maximum absolute atomic E-state index is 14.5. The minimum Gasteiger partial charge on any atom is -0.508 e. The summed E-state index contributed by atoms with van der Waals surface area (Å²) in [6.07, 6.45) is 1.44. The number of phenols is 1. The summed E-state index contributed by atoms with van der Waals surface area (Å²) in [6, 6.07) is 19.2. The van der Waals surface area contributed by atoms with E-state index in [0.717, 1.165) is 16.7 Å². The number of hydrogen-bond donors (Lipinski definition) is 8. The number of aliphatic imine (C=N–C) groups is 1. The number of amides is 5. The fourth-order valence-corrected chi connectivity index (χ4v) is 6.76. The van der Waals surface area contributed by atoms with Crippen molar-refractivity contribution in [2.24, 2.45) is 10.7 Å². The molecule has 0 radical (unpaired) electrons. The number of guanidine groups is 1. The van der Waals surface area contributed by atoms with Crippen molar-refractivity contribution in [3.8, 4) is 17.2 Å². The number of anilines is 1. The lowest BCUT2D eigenvalue weighted by Crippen LogP contribution is -2.50. The molecule has 18 nitrogen and oxygen atoms in total. The Balaban J connectivity index is 1.23. The molecule has 1 heterocycles. The number of aromatic hydroxyl groups is 1. The van der Waals surface area contributed by atoms with Crippen molar-refractivity contribution in [3.05, 3.63) is 115 Å². The lowest BCUT2D eigenvalue weighted by atomic mass is 10.0. The van der Waals surface area contributed by atoms with E-state index in [1.54, 1.807) is 38.1 Å². The van der Waals surface area contributed by atoms with E-state index in [-0.39, 0.29) is 74.2 Å². The van der Waals surface area contributed by atoms with Crippen molar-refractivity contribution in [2.45, 2.75) is 71.2 Å². The Morgan fingerprint density at radius 3 is 2.16 bits per heavy atom. The van der Waals surface area contributed by atoms with E-state index in [2.05, 4.69) is 36.9 Å². The van der Waals surface area contributed by atoms with Crippen LogP contribution in [-0.2, 0) is 34.0 Å². The van der Waals surface area contributed by atoms with Crippen LogP contribution in [-0.4, -0.2) is 85.2 Å². The van der Waals surface area contributed by atoms with Crippen LogP contribution < -0.4 is 58.0 Å². The number of ether oxygens (including phenoxy) is 2. The first-order chi connectivity index (χ1) is 30.0. The fraction of sp³-hybridized carbons (Fsp3) is 0.386. The first-order valence-corrected chi connectivity index (χ1v) is 20.7. The maximum Gasteiger partial charge on any atom is 0.344 e. The third kappa shape index (κ3) is 13.3. The molecule has 330 valence electrons. The summed E-state index contributed by atoms with van der Waals surface area (Å²) in [5.41, 5.74) is 8.53. The van der Waals surface area contributed by atoms with Crippen molar-refractivity contribution in [1.29, 1.82) is 0 Å². The van der Waals surface area contributed by atoms with Crippen LogP contribution in [0.3, 0.4) is 0 Å². The van der Waals surface area contributed by atoms with Gasteiger partial charge >= 0.3 is 6.03 Å². The molecule has 0 fully saturated rings. The SMILES string of the molecule is CCOc1c(NCCCOc2ccc([C@@H](C(=O)N[C@H](CCCN/C(N)=N\C(=O)NCCNC(=O)CC)C(=O)NCc3ccc(O)cc3)N3Cc4ccccc4C3)cc2)c(=O)c1=O. The van der Waals surface area contributed by atoms with Gasteiger partial charge in [-0.15, -0.1) is 0 Å². The third-order valence-corrected chi connectivity index (χ3v) is 10.00. The molecule has 0 bridgehead atoms. The van der Waals surface area contributed by atoms with Gasteiger partial charge in [0.05, 0.1) is 13.2 Å². The number of nitrogens with zero attached hydrogens (tertiary/aromatic N) is 2. The van der Waals surface area contributed by atoms with Gasteiger partial charge < -0.3 is 52.2 Å². The number of benzene rings is 3. The Kier molecular flexibility index (Phi) is 17.2. The molecular formula is C44H55N9O9. The summed E-state index contributed by atoms with van der Waals surface area (Å²) in [6.45, 7) is 6.29. The maximum atomic E-state index is 14.5. The van der Waals surface area contributed by atoms with Crippen LogP contribution in [0.15, 0.2) is 87.4 Å². The zero-order valence-electron chi connectivity index (χ0n) is 35.0. The Morgan fingerprint density at radius 1 is 0.790 bits per heavy atom. The number of nitrogens with two attached hydrogens (primary N) is 1. The molecule has 1 aliphatic rings. The molecule has 0 spiro atoms. The standard InChI is InChI=1S/C44H55N9O9/c1-3-35(55)46-22-23-49-44(60)52-43(45)48-20-7-11-34(41(58)50-25-28-12-16-32(54)17-13-28)51-42(59)37(53-26-30-9-5-6-10-31(30)27-53)29-14-18-33(19-15-29)62-24-8-21-47-36-38(56)39(57)40(36)61-4-2/h5-6,9-10,12-19,34,37,47,54H,3-4,7-8,11,20-27H2,1-2H3,(H,46,55)(H,50,58)(H,51,59)(H4,45,48,49,52,60)/t34-,37+/m1/s1. The van der Waals surface area contributed by atoms with Crippen molar-refractivity contribution in [3.63, 3.8) is 0 Å². The Bertz CT molecular complexity index is 2210. The molecule has 9 N–H and O–H groups in total. The Morgan fingerprint density at radius 2 is 1.48 bits per heavy atom. The summed E-state index contributed by atoms with van der Waals surface area (Å²) in [5.74, 6) is -0.334. The fourth-order valence-electron chi connectivity index (χ4n) is 6.76. The summed E-state index contributed by atoms with van der Waals surface area (Å²) in [7, 11) is 0. The number of phenolic OH excluding ortho intramolecular Hbond substituents is 1. The second-order valence-corrected chi connectivity index (χ2v) is 14.5. The zero-order chi connectivity index (χ0) is 44.4. The van der Waals surface area contributed by atoms with Gasteiger partial charge in [0.1, 0.15) is 29.3 Å². The number of nitrogens with one attached hydrogen (secondary N) is 6. The third-order valence-electron chi connectivity index (χ3n) is 10.00. The molecule has 0 unspecified atom stereocenters. The second-order valence-electron chi connectivity index (χ2n) is 14.5. The van der Waals surface area contributed by atoms with Crippen molar-refractivity contribution in [1.82, 2.24) is 31.5 Å². The van der Waals surface area contributed by atoms with Crippen molar-refractivity contribution < 1.29 is 33.8 Å². The largest absolute Gasteiger partial charge is 0.508 e. The minimum atomic E-state index is -0.960. The molecule has 2 atom stereocenters. The first-order valence-electron chi connectivity index (χ1n) is 20.7. The molecule has 0 saturated carbocycles. The van der Waals surface area contributed by atoms with Crippen LogP contribution in [0, 0.1) is 0 Å². The van der Waals surface area contributed by atoms with Crippen LogP contribution in [0.1, 0.15) is 67.8 Å². The van der Waals surface area contributed by atoms with Gasteiger partial charge in [-0.3, -0.25) is 28.9 Å². The van der Waals surface area contributed by atoms with E-state index in [9.17, 15) is 33.9 Å². The van der Waals surface area contributed by atoms with Crippen molar-refractivity contribution >= 4 is 35.4 Å². The smallest absolute Gasteiger partial charge is 0.344 e. The highest BCUT2D eigenvalue weighted by Crippen LogP contribution is 2.32. The average molecular weight is 854 g/mol. The van der Waals surface area contributed by atoms with Crippen LogP contribution in [0.4, 0.5) is 10.5 Å². The summed E-state index contributed by atoms with van der Waals surface area (Å²) in [4.78, 5) is 81.2. The van der Waals surface area contributed by atoms with E-state index in [1.807, 2.05) is 41.3 Å². The number of hydrogen-bond acceptors (Lipinski definition) is 11. The van der Waals surface area contributed by atoms with Crippen LogP contribution in [0.2, 0.25) is 0 Å². The Hall–Kier alpha value is -6.95. The van der Waals surface area contributed by atoms with Gasteiger partial charge in [0, 0.05) is 52.2 Å². The van der Waals surface area contributed by atoms with Crippen LogP contribution >= 0.6 is 0 Å². The van der Waals surface area contributed by atoms with Gasteiger partial charge in [0.15, 0.2) is 11.7 Å². The highest BCUT2D eigenvalue weighted by molar-refractivity contribution is 5.92. The predicted octanol–water partition coefficient (Wildman–Crippen LogP) is 2.05. The minimum absolute atomic E-state index is 0.0637. The molecule has 62 heavy (non-hydrogen) atoms. The van der Waals surface area contributed by atoms with Crippen LogP contribution in [0.25, 0.3) is 0 Å². The number of fused-ring (bicyclic) bond motifs is 1. The van der Waals surface area contributed by atoms with E-state index in [0.29, 0.717) is 56.8 Å². The molecule has 5 rings (SSSR count). The van der Waals surface area contributed by atoms with Gasteiger partial charge in [0.2, 0.25) is 17.7 Å². The van der Waals surface area contributed by atoms with Gasteiger partial charge in [-0.05, 0) is 72.7 Å². The monoisotopic (exact) mass is 853 g/mol. The molecule has 0 saturated heterocycles. The van der Waals surface area contributed by atoms with Gasteiger partial charge in [-0.25, -0.2) is 4.79 Å². The summed E-state index contributed by atoms with van der Waals surface area (Å²) >= 11 is 0. The van der Waals surface area contributed by atoms with Gasteiger partial charge in [0.25, 0.3) is 10.9 Å². The molecule has 18 heteroatoms. The number of carbonyl (C=O) groups excluding carboxylic acids is 4. The average Bonchev–Trinajstić information content (AvgIpc) is 3.70. The normalized spacial score (nSPS) is 13.4. The lowest BCUT2D eigenvalue weighted by molar-refractivity contribution is -0.132. The van der Waals surface area contributed by atoms with Gasteiger partial charge in [-0.1, -0.05) is 55.5 Å². The molecule has 4 aromatic rings. The molecular weight excluding hydrogens is 799 g/mol. The Labute approximate surface area is 359 Å². The molecule has 0 aromatic heterocycles. The highest BCUT2D eigenvalue weighted by Gasteiger charge is 2.34. The first kappa shape index (κ1) is 46.1. The van der Waals surface area contributed by atoms with E-state index >= 15 is 0 Å². The van der Waals surface area contributed by atoms with Crippen LogP contribution in [0.5, 0.6) is 17.2 Å². The molecule has 5 amide bonds. The van der Waals surface area contributed by atoms with E-state index < -0.39 is 34.9 Å². The second kappa shape index (κ2) is 23.2. The highest BCUT2D eigenvalue weighted by atomic mass is 16.5. The van der Waals surface area contributed by atoms with Crippen molar-refractivity contribution in [2.75, 3.05) is 44.7 Å². The molecule has 4 aromatic carbocycles.